The fourth-order valence-corrected chi connectivity index (χ4v) is 2.75. The van der Waals surface area contributed by atoms with Crippen molar-refractivity contribution in [2.24, 2.45) is 0 Å². The van der Waals surface area contributed by atoms with Gasteiger partial charge in [0.05, 0.1) is 17.2 Å². The van der Waals surface area contributed by atoms with Crippen molar-refractivity contribution in [2.45, 2.75) is 39.8 Å². The molecule has 102 valence electrons. The van der Waals surface area contributed by atoms with Gasteiger partial charge in [0.1, 0.15) is 0 Å². The molecule has 2 heterocycles. The second kappa shape index (κ2) is 5.97. The summed E-state index contributed by atoms with van der Waals surface area (Å²) < 4.78 is 2.75. The summed E-state index contributed by atoms with van der Waals surface area (Å²) in [6.07, 6.45) is 3.51. The summed E-state index contributed by atoms with van der Waals surface area (Å²) in [5.41, 5.74) is 0.223. The van der Waals surface area contributed by atoms with Gasteiger partial charge in [0.15, 0.2) is 0 Å². The van der Waals surface area contributed by atoms with Gasteiger partial charge in [0.2, 0.25) is 0 Å². The van der Waals surface area contributed by atoms with E-state index in [1.54, 1.807) is 11.3 Å². The molecule has 6 heteroatoms. The summed E-state index contributed by atoms with van der Waals surface area (Å²) in [6.45, 7) is 4.77. The zero-order valence-electron chi connectivity index (χ0n) is 11.1. The van der Waals surface area contributed by atoms with E-state index in [1.165, 1.54) is 21.4 Å². The molecule has 0 aliphatic rings. The van der Waals surface area contributed by atoms with E-state index >= 15 is 0 Å². The average Bonchev–Trinajstić information content (AvgIpc) is 2.83. The van der Waals surface area contributed by atoms with Gasteiger partial charge in [0.25, 0.3) is 5.56 Å². The lowest BCUT2D eigenvalue weighted by atomic mass is 10.3. The molecule has 5 nitrogen and oxygen atoms in total. The molecule has 0 spiro atoms. The second-order valence-electron chi connectivity index (χ2n) is 4.29. The Morgan fingerprint density at radius 3 is 2.79 bits per heavy atom. The van der Waals surface area contributed by atoms with Gasteiger partial charge in [-0.05, 0) is 19.8 Å². The van der Waals surface area contributed by atoms with Crippen LogP contribution in [-0.2, 0) is 19.5 Å². The topological polar surface area (TPSA) is 56.9 Å². The van der Waals surface area contributed by atoms with Crippen LogP contribution >= 0.6 is 11.3 Å². The third kappa shape index (κ3) is 3.01. The predicted molar refractivity (Wildman–Crippen MR) is 75.8 cm³/mol. The molecule has 0 fully saturated rings. The fourth-order valence-electron chi connectivity index (χ4n) is 1.86. The molecule has 0 aromatic carbocycles. The van der Waals surface area contributed by atoms with Crippen molar-refractivity contribution in [3.05, 3.63) is 49.2 Å². The second-order valence-corrected chi connectivity index (χ2v) is 5.23. The summed E-state index contributed by atoms with van der Waals surface area (Å²) >= 11 is 1.58. The van der Waals surface area contributed by atoms with E-state index < -0.39 is 0 Å². The third-order valence-electron chi connectivity index (χ3n) is 2.86. The average molecular weight is 279 g/mol. The minimum atomic E-state index is -0.278. The highest BCUT2D eigenvalue weighted by Crippen LogP contribution is 2.11. The minimum Gasteiger partial charge on any atom is -0.301 e. The smallest absolute Gasteiger partial charge is 0.301 e. The van der Waals surface area contributed by atoms with Gasteiger partial charge < -0.3 is 4.57 Å². The number of aromatic nitrogens is 3. The van der Waals surface area contributed by atoms with Crippen LogP contribution in [0.25, 0.3) is 0 Å². The highest BCUT2D eigenvalue weighted by atomic mass is 32.1. The van der Waals surface area contributed by atoms with Crippen LogP contribution in [0.2, 0.25) is 0 Å². The first-order valence-electron chi connectivity index (χ1n) is 6.39. The molecule has 2 rings (SSSR count). The molecule has 0 bridgehead atoms. The van der Waals surface area contributed by atoms with Crippen LogP contribution < -0.4 is 11.2 Å². The van der Waals surface area contributed by atoms with Gasteiger partial charge >= 0.3 is 5.69 Å². The molecule has 0 unspecified atom stereocenters. The van der Waals surface area contributed by atoms with Crippen molar-refractivity contribution >= 4 is 11.3 Å². The Hall–Kier alpha value is -1.69. The molecular weight excluding hydrogens is 262 g/mol. The highest BCUT2D eigenvalue weighted by Gasteiger charge is 2.07. The van der Waals surface area contributed by atoms with Crippen molar-refractivity contribution in [1.29, 1.82) is 0 Å². The van der Waals surface area contributed by atoms with E-state index in [1.807, 2.05) is 12.3 Å². The van der Waals surface area contributed by atoms with Crippen LogP contribution in [0.1, 0.15) is 31.0 Å². The number of nitrogens with zero attached hydrogens (tertiary/aromatic N) is 3. The van der Waals surface area contributed by atoms with Gasteiger partial charge in [-0.25, -0.2) is 9.78 Å². The largest absolute Gasteiger partial charge is 0.331 e. The monoisotopic (exact) mass is 279 g/mol. The Balaban J connectivity index is 2.32. The molecule has 2 aromatic rings. The molecule has 0 amide bonds. The van der Waals surface area contributed by atoms with Crippen LogP contribution in [0.15, 0.2) is 27.2 Å². The van der Waals surface area contributed by atoms with Crippen molar-refractivity contribution in [1.82, 2.24) is 14.1 Å². The molecular formula is C13H17N3O2S. The zero-order chi connectivity index (χ0) is 13.8. The lowest BCUT2D eigenvalue weighted by Gasteiger charge is -2.06. The van der Waals surface area contributed by atoms with Crippen LogP contribution in [-0.4, -0.2) is 14.1 Å². The maximum absolute atomic E-state index is 12.1. The Kier molecular flexibility index (Phi) is 4.31. The summed E-state index contributed by atoms with van der Waals surface area (Å²) in [5, 5.41) is 2.97. The van der Waals surface area contributed by atoms with Gasteiger partial charge in [0, 0.05) is 24.2 Å². The lowest BCUT2D eigenvalue weighted by Crippen LogP contribution is -2.39. The van der Waals surface area contributed by atoms with E-state index in [9.17, 15) is 9.59 Å². The molecule has 19 heavy (non-hydrogen) atoms. The van der Waals surface area contributed by atoms with E-state index in [4.69, 9.17) is 0 Å². The predicted octanol–water partition coefficient (Wildman–Crippen LogP) is 1.49. The van der Waals surface area contributed by atoms with Gasteiger partial charge in [-0.15, -0.1) is 11.3 Å². The van der Waals surface area contributed by atoms with E-state index in [2.05, 4.69) is 11.9 Å². The minimum absolute atomic E-state index is 0.249. The summed E-state index contributed by atoms with van der Waals surface area (Å²) in [4.78, 5) is 28.3. The van der Waals surface area contributed by atoms with Gasteiger partial charge in [-0.3, -0.25) is 9.36 Å². The van der Waals surface area contributed by atoms with E-state index in [0.29, 0.717) is 6.54 Å². The molecule has 0 aliphatic heterocycles. The standard InChI is InChI=1S/C13H17N3O2S/c1-3-5-11-14-10(9-19-11)8-16-12(17)6-7-15(4-2)13(16)18/h6-7,9H,3-5,8H2,1-2H3. The number of rotatable bonds is 5. The molecule has 0 radical (unpaired) electrons. The Morgan fingerprint density at radius 1 is 1.32 bits per heavy atom. The number of thiazole rings is 1. The number of hydrogen-bond donors (Lipinski definition) is 0. The van der Waals surface area contributed by atoms with Gasteiger partial charge in [-0.2, -0.15) is 0 Å². The van der Waals surface area contributed by atoms with Crippen LogP contribution in [0, 0.1) is 0 Å². The van der Waals surface area contributed by atoms with Crippen molar-refractivity contribution in [3.8, 4) is 0 Å². The molecule has 2 aromatic heterocycles. The summed E-state index contributed by atoms with van der Waals surface area (Å²) in [5.74, 6) is 0. The highest BCUT2D eigenvalue weighted by molar-refractivity contribution is 7.09. The first-order valence-corrected chi connectivity index (χ1v) is 7.27. The molecule has 0 atom stereocenters. The van der Waals surface area contributed by atoms with E-state index in [0.717, 1.165) is 23.5 Å². The maximum Gasteiger partial charge on any atom is 0.331 e. The first-order chi connectivity index (χ1) is 9.15. The third-order valence-corrected chi connectivity index (χ3v) is 3.82. The molecule has 0 N–H and O–H groups in total. The van der Waals surface area contributed by atoms with Crippen molar-refractivity contribution in [3.63, 3.8) is 0 Å². The maximum atomic E-state index is 12.1. The SMILES string of the molecule is CCCc1nc(Cn2c(=O)ccn(CC)c2=O)cs1. The van der Waals surface area contributed by atoms with E-state index in [-0.39, 0.29) is 17.8 Å². The Labute approximate surface area is 115 Å². The molecule has 0 aliphatic carbocycles. The number of hydrogen-bond acceptors (Lipinski definition) is 4. The Morgan fingerprint density at radius 2 is 2.11 bits per heavy atom. The van der Waals surface area contributed by atoms with Crippen LogP contribution in [0.3, 0.4) is 0 Å². The van der Waals surface area contributed by atoms with Crippen molar-refractivity contribution in [2.75, 3.05) is 0 Å². The fraction of sp³-hybridized carbons (Fsp3) is 0.462. The van der Waals surface area contributed by atoms with Crippen molar-refractivity contribution < 1.29 is 0 Å². The van der Waals surface area contributed by atoms with Gasteiger partial charge in [-0.1, -0.05) is 6.92 Å². The molecule has 0 saturated heterocycles. The zero-order valence-corrected chi connectivity index (χ0v) is 11.9. The first kappa shape index (κ1) is 13.7. The normalized spacial score (nSPS) is 10.8. The number of aryl methyl sites for hydroxylation is 2. The lowest BCUT2D eigenvalue weighted by molar-refractivity contribution is 0.595. The summed E-state index contributed by atoms with van der Waals surface area (Å²) in [6, 6.07) is 1.42. The summed E-state index contributed by atoms with van der Waals surface area (Å²) in [7, 11) is 0. The van der Waals surface area contributed by atoms with Crippen LogP contribution in [0.5, 0.6) is 0 Å². The Bertz CT molecular complexity index is 669. The quantitative estimate of drug-likeness (QED) is 0.833. The van der Waals surface area contributed by atoms with Crippen LogP contribution in [0.4, 0.5) is 0 Å². The molecule has 0 saturated carbocycles.